The summed E-state index contributed by atoms with van der Waals surface area (Å²) in [4.78, 5) is 4.73. The smallest absolute Gasteiger partial charge is 0.0847 e. The van der Waals surface area contributed by atoms with Crippen molar-refractivity contribution < 1.29 is 0 Å². The predicted octanol–water partition coefficient (Wildman–Crippen LogP) is 2.64. The Bertz CT molecular complexity index is 522. The topological polar surface area (TPSA) is 24.9 Å². The lowest BCUT2D eigenvalue weighted by molar-refractivity contribution is 0.633. The molecule has 0 radical (unpaired) electrons. The zero-order valence-electron chi connectivity index (χ0n) is 8.26. The maximum atomic E-state index is 4.73. The van der Waals surface area contributed by atoms with Gasteiger partial charge in [0.05, 0.1) is 5.52 Å². The maximum absolute atomic E-state index is 4.73. The highest BCUT2D eigenvalue weighted by molar-refractivity contribution is 9.10. The van der Waals surface area contributed by atoms with Gasteiger partial charge in [0.15, 0.2) is 0 Å². The highest BCUT2D eigenvalue weighted by Crippen LogP contribution is 2.25. The molecule has 2 heterocycles. The fourth-order valence-electron chi connectivity index (χ4n) is 2.04. The Hall–Kier alpha value is -0.930. The molecule has 0 fully saturated rings. The summed E-state index contributed by atoms with van der Waals surface area (Å²) in [5.74, 6) is 0. The second-order valence-corrected chi connectivity index (χ2v) is 4.69. The summed E-state index contributed by atoms with van der Waals surface area (Å²) in [6.45, 7) is 1.99. The number of aromatic nitrogens is 1. The summed E-state index contributed by atoms with van der Waals surface area (Å²) in [6.07, 6.45) is 1.03. The van der Waals surface area contributed by atoms with Crippen molar-refractivity contribution in [1.82, 2.24) is 10.3 Å². The predicted molar refractivity (Wildman–Crippen MR) is 64.9 cm³/mol. The van der Waals surface area contributed by atoms with Gasteiger partial charge in [0.25, 0.3) is 0 Å². The summed E-state index contributed by atoms with van der Waals surface area (Å²) < 4.78 is 1.08. The lowest BCUT2D eigenvalue weighted by Crippen LogP contribution is -2.24. The number of fused-ring (bicyclic) bond motifs is 2. The molecule has 3 rings (SSSR count). The van der Waals surface area contributed by atoms with E-state index in [4.69, 9.17) is 4.98 Å². The van der Waals surface area contributed by atoms with Gasteiger partial charge >= 0.3 is 0 Å². The van der Waals surface area contributed by atoms with E-state index in [-0.39, 0.29) is 0 Å². The molecule has 0 spiro atoms. The summed E-state index contributed by atoms with van der Waals surface area (Å²) in [5.41, 5.74) is 3.66. The summed E-state index contributed by atoms with van der Waals surface area (Å²) in [7, 11) is 0. The third-order valence-electron chi connectivity index (χ3n) is 2.82. The summed E-state index contributed by atoms with van der Waals surface area (Å²) in [6, 6.07) is 8.45. The van der Waals surface area contributed by atoms with Gasteiger partial charge in [0.1, 0.15) is 0 Å². The molecule has 2 aromatic rings. The van der Waals surface area contributed by atoms with Crippen LogP contribution in [-0.2, 0) is 13.0 Å². The van der Waals surface area contributed by atoms with Crippen LogP contribution in [0.2, 0.25) is 0 Å². The molecule has 1 aromatic carbocycles. The Labute approximate surface area is 96.8 Å². The van der Waals surface area contributed by atoms with E-state index in [9.17, 15) is 0 Å². The molecule has 3 heteroatoms. The van der Waals surface area contributed by atoms with E-state index in [0.29, 0.717) is 0 Å². The molecule has 0 bridgehead atoms. The Morgan fingerprint density at radius 2 is 2.27 bits per heavy atom. The van der Waals surface area contributed by atoms with Crippen LogP contribution in [0.5, 0.6) is 0 Å². The van der Waals surface area contributed by atoms with Crippen LogP contribution >= 0.6 is 15.9 Å². The van der Waals surface area contributed by atoms with Crippen LogP contribution in [0.3, 0.4) is 0 Å². The van der Waals surface area contributed by atoms with Crippen LogP contribution in [0.1, 0.15) is 11.3 Å². The lowest BCUT2D eigenvalue weighted by Gasteiger charge is -2.17. The van der Waals surface area contributed by atoms with Crippen molar-refractivity contribution in [3.05, 3.63) is 40.0 Å². The van der Waals surface area contributed by atoms with Crippen molar-refractivity contribution in [3.8, 4) is 0 Å². The van der Waals surface area contributed by atoms with E-state index in [2.05, 4.69) is 39.4 Å². The van der Waals surface area contributed by atoms with Crippen molar-refractivity contribution >= 4 is 26.8 Å². The van der Waals surface area contributed by atoms with Gasteiger partial charge in [0.2, 0.25) is 0 Å². The Kier molecular flexibility index (Phi) is 2.22. The minimum absolute atomic E-state index is 0.949. The van der Waals surface area contributed by atoms with Gasteiger partial charge in [-0.2, -0.15) is 0 Å². The number of hydrogen-bond donors (Lipinski definition) is 1. The molecule has 0 atom stereocenters. The molecule has 0 aliphatic carbocycles. The van der Waals surface area contributed by atoms with Crippen LogP contribution in [-0.4, -0.2) is 11.5 Å². The summed E-state index contributed by atoms with van der Waals surface area (Å²) in [5, 5.41) is 4.58. The van der Waals surface area contributed by atoms with Gasteiger partial charge in [-0.3, -0.25) is 4.98 Å². The number of para-hydroxylation sites is 1. The first kappa shape index (κ1) is 9.31. The average Bonchev–Trinajstić information content (AvgIpc) is 2.27. The van der Waals surface area contributed by atoms with E-state index in [1.807, 2.05) is 6.07 Å². The molecule has 1 N–H and O–H groups in total. The molecule has 0 amide bonds. The van der Waals surface area contributed by atoms with Crippen LogP contribution in [0.25, 0.3) is 10.9 Å². The molecule has 1 aliphatic heterocycles. The highest BCUT2D eigenvalue weighted by Gasteiger charge is 2.11. The van der Waals surface area contributed by atoms with Crippen molar-refractivity contribution in [1.29, 1.82) is 0 Å². The van der Waals surface area contributed by atoms with Gasteiger partial charge < -0.3 is 5.32 Å². The van der Waals surface area contributed by atoms with Crippen molar-refractivity contribution in [2.45, 2.75) is 13.0 Å². The molecule has 0 saturated carbocycles. The van der Waals surface area contributed by atoms with Crippen LogP contribution in [0, 0.1) is 0 Å². The molecule has 76 valence electrons. The highest BCUT2D eigenvalue weighted by atomic mass is 79.9. The second-order valence-electron chi connectivity index (χ2n) is 3.83. The van der Waals surface area contributed by atoms with Crippen LogP contribution in [0.4, 0.5) is 0 Å². The number of rotatable bonds is 0. The largest absolute Gasteiger partial charge is 0.312 e. The fraction of sp³-hybridized carbons (Fsp3) is 0.250. The Balaban J connectivity index is 2.31. The standard InChI is InChI=1S/C12H11BrN2/c13-10-3-1-2-8-6-9-7-14-5-4-11(9)15-12(8)10/h1-3,6,14H,4-5,7H2. The first-order valence-corrected chi connectivity index (χ1v) is 5.91. The number of nitrogens with one attached hydrogen (secondary N) is 1. The van der Waals surface area contributed by atoms with E-state index >= 15 is 0 Å². The lowest BCUT2D eigenvalue weighted by atomic mass is 10.0. The number of halogens is 1. The average molecular weight is 263 g/mol. The monoisotopic (exact) mass is 262 g/mol. The first-order valence-electron chi connectivity index (χ1n) is 5.12. The molecule has 0 unspecified atom stereocenters. The van der Waals surface area contributed by atoms with Gasteiger partial charge in [-0.25, -0.2) is 0 Å². The van der Waals surface area contributed by atoms with E-state index < -0.39 is 0 Å². The Morgan fingerprint density at radius 3 is 3.20 bits per heavy atom. The molecule has 1 aliphatic rings. The van der Waals surface area contributed by atoms with Crippen LogP contribution in [0.15, 0.2) is 28.7 Å². The number of nitrogens with zero attached hydrogens (tertiary/aromatic N) is 1. The minimum atomic E-state index is 0.949. The third-order valence-corrected chi connectivity index (χ3v) is 3.46. The van der Waals surface area contributed by atoms with E-state index in [0.717, 1.165) is 29.5 Å². The first-order chi connectivity index (χ1) is 7.34. The normalized spacial score (nSPS) is 15.3. The van der Waals surface area contributed by atoms with Crippen molar-refractivity contribution in [2.75, 3.05) is 6.54 Å². The van der Waals surface area contributed by atoms with Gasteiger partial charge in [-0.1, -0.05) is 12.1 Å². The number of hydrogen-bond acceptors (Lipinski definition) is 2. The molecular weight excluding hydrogens is 252 g/mol. The summed E-state index contributed by atoms with van der Waals surface area (Å²) >= 11 is 3.55. The van der Waals surface area contributed by atoms with Crippen molar-refractivity contribution in [2.24, 2.45) is 0 Å². The quantitative estimate of drug-likeness (QED) is 0.790. The maximum Gasteiger partial charge on any atom is 0.0847 e. The van der Waals surface area contributed by atoms with E-state index in [1.54, 1.807) is 0 Å². The molecule has 0 saturated heterocycles. The molecule has 15 heavy (non-hydrogen) atoms. The van der Waals surface area contributed by atoms with Crippen LogP contribution < -0.4 is 5.32 Å². The van der Waals surface area contributed by atoms with Gasteiger partial charge in [-0.05, 0) is 33.6 Å². The molecular formula is C12H11BrN2. The number of benzene rings is 1. The SMILES string of the molecule is Brc1cccc2cc3c(nc12)CCNC3. The second kappa shape index (κ2) is 3.58. The minimum Gasteiger partial charge on any atom is -0.312 e. The van der Waals surface area contributed by atoms with E-state index in [1.165, 1.54) is 16.6 Å². The number of pyridine rings is 1. The Morgan fingerprint density at radius 1 is 1.33 bits per heavy atom. The zero-order chi connectivity index (χ0) is 10.3. The third kappa shape index (κ3) is 1.56. The van der Waals surface area contributed by atoms with Crippen molar-refractivity contribution in [3.63, 3.8) is 0 Å². The fourth-order valence-corrected chi connectivity index (χ4v) is 2.51. The zero-order valence-corrected chi connectivity index (χ0v) is 9.84. The van der Waals surface area contributed by atoms with Gasteiger partial charge in [-0.15, -0.1) is 0 Å². The van der Waals surface area contributed by atoms with Gasteiger partial charge in [0, 0.05) is 35.1 Å². The molecule has 1 aromatic heterocycles. The molecule has 2 nitrogen and oxygen atoms in total.